The van der Waals surface area contributed by atoms with Crippen LogP contribution in [0, 0.1) is 23.2 Å². The van der Waals surface area contributed by atoms with Gasteiger partial charge in [-0.2, -0.15) is 0 Å². The molecule has 1 aliphatic heterocycles. The molecule has 2 amide bonds. The number of pyridine rings is 1. The van der Waals surface area contributed by atoms with Crippen molar-refractivity contribution in [2.75, 3.05) is 26.2 Å². The van der Waals surface area contributed by atoms with Crippen molar-refractivity contribution in [3.63, 3.8) is 0 Å². The smallest absolute Gasteiger partial charge is 0.250 e. The molecule has 4 bridgehead atoms. The highest BCUT2D eigenvalue weighted by Gasteiger charge is 2.55. The van der Waals surface area contributed by atoms with Gasteiger partial charge >= 0.3 is 0 Å². The first kappa shape index (κ1) is 18.9. The lowest BCUT2D eigenvalue weighted by atomic mass is 9.49. The minimum Gasteiger partial charge on any atom is -0.339 e. The molecule has 0 unspecified atom stereocenters. The van der Waals surface area contributed by atoms with Crippen LogP contribution in [0.15, 0.2) is 29.2 Å². The number of piperazine rings is 1. The molecule has 6 heteroatoms. The second-order valence-corrected chi connectivity index (χ2v) is 9.85. The van der Waals surface area contributed by atoms with Crippen LogP contribution in [0.25, 0.3) is 0 Å². The lowest BCUT2D eigenvalue weighted by molar-refractivity contribution is -0.160. The fraction of sp³-hybridized carbons (Fsp3) is 0.696. The molecule has 0 aromatic carbocycles. The third-order valence-electron chi connectivity index (χ3n) is 7.88. The van der Waals surface area contributed by atoms with E-state index < -0.39 is 0 Å². The zero-order valence-electron chi connectivity index (χ0n) is 17.1. The van der Waals surface area contributed by atoms with Gasteiger partial charge in [0.25, 0.3) is 5.56 Å². The first-order chi connectivity index (χ1) is 14.0. The largest absolute Gasteiger partial charge is 0.339 e. The molecule has 1 aromatic heterocycles. The van der Waals surface area contributed by atoms with Gasteiger partial charge in [-0.1, -0.05) is 6.07 Å². The number of amides is 2. The lowest BCUT2D eigenvalue weighted by Crippen LogP contribution is -2.58. The maximum Gasteiger partial charge on any atom is 0.250 e. The van der Waals surface area contributed by atoms with Crippen molar-refractivity contribution in [2.24, 2.45) is 23.2 Å². The summed E-state index contributed by atoms with van der Waals surface area (Å²) in [6.45, 7) is 2.93. The number of nitrogens with zero attached hydrogens (tertiary/aromatic N) is 3. The van der Waals surface area contributed by atoms with Gasteiger partial charge in [-0.25, -0.2) is 0 Å². The molecule has 5 fully saturated rings. The Labute approximate surface area is 171 Å². The summed E-state index contributed by atoms with van der Waals surface area (Å²) in [6, 6.07) is 5.03. The molecule has 6 rings (SSSR count). The monoisotopic (exact) mass is 397 g/mol. The number of hydrogen-bond donors (Lipinski definition) is 0. The molecule has 0 spiro atoms. The number of hydrogen-bond acceptors (Lipinski definition) is 3. The fourth-order valence-corrected chi connectivity index (χ4v) is 6.89. The first-order valence-electron chi connectivity index (χ1n) is 11.2. The summed E-state index contributed by atoms with van der Waals surface area (Å²) in [6.07, 6.45) is 9.39. The van der Waals surface area contributed by atoms with Gasteiger partial charge in [0, 0.05) is 51.4 Å². The molecule has 0 atom stereocenters. The molecular formula is C23H31N3O3. The van der Waals surface area contributed by atoms with E-state index in [2.05, 4.69) is 0 Å². The van der Waals surface area contributed by atoms with E-state index in [1.807, 2.05) is 9.80 Å². The highest BCUT2D eigenvalue weighted by atomic mass is 16.2. The number of aryl methyl sites for hydroxylation is 1. The van der Waals surface area contributed by atoms with E-state index in [9.17, 15) is 14.4 Å². The van der Waals surface area contributed by atoms with Crippen LogP contribution in [-0.2, 0) is 16.1 Å². The number of carbonyl (C=O) groups excluding carboxylic acids is 2. The number of carbonyl (C=O) groups is 2. The van der Waals surface area contributed by atoms with Crippen molar-refractivity contribution < 1.29 is 9.59 Å². The predicted octanol–water partition coefficient (Wildman–Crippen LogP) is 2.13. The summed E-state index contributed by atoms with van der Waals surface area (Å²) >= 11 is 0. The molecule has 5 aliphatic rings. The van der Waals surface area contributed by atoms with E-state index >= 15 is 0 Å². The molecular weight excluding hydrogens is 366 g/mol. The van der Waals surface area contributed by atoms with Crippen molar-refractivity contribution in [3.8, 4) is 0 Å². The van der Waals surface area contributed by atoms with Gasteiger partial charge < -0.3 is 14.4 Å². The molecule has 29 heavy (non-hydrogen) atoms. The van der Waals surface area contributed by atoms with Crippen LogP contribution in [0.4, 0.5) is 0 Å². The van der Waals surface area contributed by atoms with Gasteiger partial charge in [-0.05, 0) is 62.3 Å². The molecule has 4 aliphatic carbocycles. The van der Waals surface area contributed by atoms with E-state index in [0.29, 0.717) is 45.1 Å². The minimum absolute atomic E-state index is 0.0719. The summed E-state index contributed by atoms with van der Waals surface area (Å²) < 4.78 is 1.57. The van der Waals surface area contributed by atoms with Gasteiger partial charge in [0.1, 0.15) is 0 Å². The van der Waals surface area contributed by atoms with Crippen molar-refractivity contribution in [3.05, 3.63) is 34.7 Å². The van der Waals surface area contributed by atoms with Gasteiger partial charge in [-0.3, -0.25) is 14.4 Å². The number of rotatable bonds is 4. The van der Waals surface area contributed by atoms with Crippen LogP contribution in [0.3, 0.4) is 0 Å². The van der Waals surface area contributed by atoms with Gasteiger partial charge in [0.2, 0.25) is 11.8 Å². The Morgan fingerprint density at radius 2 is 1.48 bits per heavy atom. The zero-order valence-corrected chi connectivity index (χ0v) is 17.1. The first-order valence-corrected chi connectivity index (χ1v) is 11.2. The Bertz CT molecular complexity index is 818. The molecule has 0 N–H and O–H groups in total. The Balaban J connectivity index is 1.16. The minimum atomic E-state index is -0.0879. The standard InChI is InChI=1S/C23H31N3O3/c27-20-3-1-2-5-24(20)6-4-21(28)25-7-9-26(10-8-25)22(29)23-14-17-11-18(15-23)13-19(12-17)16-23/h1-3,5,17-19H,4,6-16H2. The van der Waals surface area contributed by atoms with Crippen LogP contribution in [0.1, 0.15) is 44.9 Å². The normalized spacial score (nSPS) is 33.2. The third kappa shape index (κ3) is 3.51. The van der Waals surface area contributed by atoms with Crippen LogP contribution in [-0.4, -0.2) is 52.4 Å². The van der Waals surface area contributed by atoms with Crippen molar-refractivity contribution in [1.82, 2.24) is 14.4 Å². The Morgan fingerprint density at radius 3 is 2.07 bits per heavy atom. The molecule has 6 nitrogen and oxygen atoms in total. The lowest BCUT2D eigenvalue weighted by Gasteiger charge is -2.57. The molecule has 4 saturated carbocycles. The fourth-order valence-electron chi connectivity index (χ4n) is 6.89. The van der Waals surface area contributed by atoms with Gasteiger partial charge in [0.15, 0.2) is 0 Å². The Morgan fingerprint density at radius 1 is 0.897 bits per heavy atom. The van der Waals surface area contributed by atoms with E-state index in [0.717, 1.165) is 37.0 Å². The summed E-state index contributed by atoms with van der Waals surface area (Å²) in [4.78, 5) is 41.7. The topological polar surface area (TPSA) is 62.6 Å². The second kappa shape index (κ2) is 7.29. The maximum atomic E-state index is 13.5. The van der Waals surface area contributed by atoms with Gasteiger partial charge in [0.05, 0.1) is 5.41 Å². The quantitative estimate of drug-likeness (QED) is 0.782. The Kier molecular flexibility index (Phi) is 4.75. The van der Waals surface area contributed by atoms with Crippen LogP contribution in [0.5, 0.6) is 0 Å². The maximum absolute atomic E-state index is 13.5. The van der Waals surface area contributed by atoms with E-state index in [1.165, 1.54) is 25.3 Å². The number of aromatic nitrogens is 1. The van der Waals surface area contributed by atoms with Crippen molar-refractivity contribution in [2.45, 2.75) is 51.5 Å². The van der Waals surface area contributed by atoms with Gasteiger partial charge in [-0.15, -0.1) is 0 Å². The summed E-state index contributed by atoms with van der Waals surface area (Å²) in [5.74, 6) is 2.76. The van der Waals surface area contributed by atoms with Crippen LogP contribution >= 0.6 is 0 Å². The van der Waals surface area contributed by atoms with E-state index in [-0.39, 0.29) is 16.9 Å². The SMILES string of the molecule is O=C(CCn1ccccc1=O)N1CCN(C(=O)C23CC4CC(CC(C4)C2)C3)CC1. The molecule has 1 saturated heterocycles. The molecule has 1 aromatic rings. The molecule has 2 heterocycles. The summed E-state index contributed by atoms with van der Waals surface area (Å²) in [5.41, 5.74) is -0.165. The highest BCUT2D eigenvalue weighted by molar-refractivity contribution is 5.84. The average Bonchev–Trinajstić information content (AvgIpc) is 2.71. The zero-order chi connectivity index (χ0) is 20.0. The van der Waals surface area contributed by atoms with Crippen molar-refractivity contribution >= 4 is 11.8 Å². The molecule has 156 valence electrons. The summed E-state index contributed by atoms with van der Waals surface area (Å²) in [7, 11) is 0. The average molecular weight is 398 g/mol. The molecule has 0 radical (unpaired) electrons. The van der Waals surface area contributed by atoms with Crippen molar-refractivity contribution in [1.29, 1.82) is 0 Å². The van der Waals surface area contributed by atoms with E-state index in [4.69, 9.17) is 0 Å². The van der Waals surface area contributed by atoms with Crippen LogP contribution < -0.4 is 5.56 Å². The predicted molar refractivity (Wildman–Crippen MR) is 109 cm³/mol. The third-order valence-corrected chi connectivity index (χ3v) is 7.88. The highest BCUT2D eigenvalue weighted by Crippen LogP contribution is 2.60. The summed E-state index contributed by atoms with van der Waals surface area (Å²) in [5, 5.41) is 0. The van der Waals surface area contributed by atoms with E-state index in [1.54, 1.807) is 22.9 Å². The Hall–Kier alpha value is -2.11. The second-order valence-electron chi connectivity index (χ2n) is 9.85. The van der Waals surface area contributed by atoms with Crippen LogP contribution in [0.2, 0.25) is 0 Å².